The second-order valence-electron chi connectivity index (χ2n) is 3.52. The molecule has 5 heteroatoms. The summed E-state index contributed by atoms with van der Waals surface area (Å²) in [4.78, 5) is 0.939. The Hall–Kier alpha value is -1.36. The molecule has 0 saturated carbocycles. The fourth-order valence-corrected chi connectivity index (χ4v) is 2.05. The third kappa shape index (κ3) is 3.56. The van der Waals surface area contributed by atoms with Gasteiger partial charge in [0.15, 0.2) is 5.84 Å². The van der Waals surface area contributed by atoms with Gasteiger partial charge in [-0.15, -0.1) is 11.8 Å². The minimum absolute atomic E-state index is 0.0847. The Morgan fingerprint density at radius 3 is 2.88 bits per heavy atom. The summed E-state index contributed by atoms with van der Waals surface area (Å²) in [5.74, 6) is 0.752. The molecule has 0 spiro atoms. The van der Waals surface area contributed by atoms with Gasteiger partial charge in [-0.05, 0) is 24.8 Å². The van der Waals surface area contributed by atoms with E-state index in [1.807, 2.05) is 24.5 Å². The lowest BCUT2D eigenvalue weighted by Gasteiger charge is -2.13. The molecule has 17 heavy (non-hydrogen) atoms. The molecule has 0 aromatic heterocycles. The van der Waals surface area contributed by atoms with Crippen molar-refractivity contribution in [2.75, 3.05) is 12.9 Å². The van der Waals surface area contributed by atoms with Crippen LogP contribution in [0.4, 0.5) is 0 Å². The molecule has 94 valence electrons. The summed E-state index contributed by atoms with van der Waals surface area (Å²) in [5.41, 5.74) is 6.35. The first-order valence-corrected chi connectivity index (χ1v) is 6.74. The Kier molecular flexibility index (Phi) is 5.69. The van der Waals surface area contributed by atoms with Crippen LogP contribution in [0.1, 0.15) is 25.3 Å². The smallest absolute Gasteiger partial charge is 0.174 e. The van der Waals surface area contributed by atoms with E-state index in [0.29, 0.717) is 17.9 Å². The third-order valence-electron chi connectivity index (χ3n) is 2.33. The quantitative estimate of drug-likeness (QED) is 0.204. The van der Waals surface area contributed by atoms with Gasteiger partial charge in [0.1, 0.15) is 5.75 Å². The van der Waals surface area contributed by atoms with Crippen molar-refractivity contribution < 1.29 is 9.94 Å². The Morgan fingerprint density at radius 2 is 2.29 bits per heavy atom. The summed E-state index contributed by atoms with van der Waals surface area (Å²) >= 11 is 1.54. The second kappa shape index (κ2) is 7.06. The Labute approximate surface area is 106 Å². The summed E-state index contributed by atoms with van der Waals surface area (Å²) in [7, 11) is 0. The maximum Gasteiger partial charge on any atom is 0.174 e. The number of ether oxygens (including phenoxy) is 1. The molecule has 1 aromatic carbocycles. The van der Waals surface area contributed by atoms with Crippen LogP contribution in [0.25, 0.3) is 0 Å². The highest BCUT2D eigenvalue weighted by Crippen LogP contribution is 2.28. The molecule has 0 fully saturated rings. The van der Waals surface area contributed by atoms with Gasteiger partial charge in [-0.2, -0.15) is 0 Å². The fourth-order valence-electron chi connectivity index (χ4n) is 1.43. The molecule has 1 aromatic rings. The first-order valence-electron chi connectivity index (χ1n) is 5.52. The van der Waals surface area contributed by atoms with Crippen LogP contribution in [0, 0.1) is 0 Å². The molecule has 0 bridgehead atoms. The third-order valence-corrected chi connectivity index (χ3v) is 3.11. The minimum atomic E-state index is 0.0847. The minimum Gasteiger partial charge on any atom is -0.493 e. The van der Waals surface area contributed by atoms with Crippen molar-refractivity contribution in [2.24, 2.45) is 10.9 Å². The van der Waals surface area contributed by atoms with Crippen molar-refractivity contribution in [3.8, 4) is 5.75 Å². The van der Waals surface area contributed by atoms with Crippen molar-refractivity contribution in [3.05, 3.63) is 23.8 Å². The number of thioether (sulfide) groups is 1. The monoisotopic (exact) mass is 254 g/mol. The summed E-state index contributed by atoms with van der Waals surface area (Å²) in [6.45, 7) is 2.74. The molecule has 0 atom stereocenters. The van der Waals surface area contributed by atoms with Crippen molar-refractivity contribution in [3.63, 3.8) is 0 Å². The highest BCUT2D eigenvalue weighted by atomic mass is 32.2. The lowest BCUT2D eigenvalue weighted by Crippen LogP contribution is -2.16. The number of nitrogens with two attached hydrogens (primary N) is 1. The van der Waals surface area contributed by atoms with E-state index in [0.717, 1.165) is 17.7 Å². The van der Waals surface area contributed by atoms with E-state index in [-0.39, 0.29) is 5.84 Å². The molecule has 0 unspecified atom stereocenters. The number of oxime groups is 1. The SMILES string of the molecule is CCCCOc1cccc(SC)c1/C(N)=N/O. The highest BCUT2D eigenvalue weighted by molar-refractivity contribution is 7.98. The predicted octanol–water partition coefficient (Wildman–Crippen LogP) is 2.68. The Morgan fingerprint density at radius 1 is 1.53 bits per heavy atom. The molecule has 3 N–H and O–H groups in total. The lowest BCUT2D eigenvalue weighted by molar-refractivity contribution is 0.305. The van der Waals surface area contributed by atoms with Crippen molar-refractivity contribution in [2.45, 2.75) is 24.7 Å². The van der Waals surface area contributed by atoms with Crippen LogP contribution in [0.2, 0.25) is 0 Å². The first-order chi connectivity index (χ1) is 8.24. The molecule has 0 heterocycles. The molecule has 0 radical (unpaired) electrons. The average Bonchev–Trinajstić information content (AvgIpc) is 2.37. The highest BCUT2D eigenvalue weighted by Gasteiger charge is 2.13. The number of hydrogen-bond acceptors (Lipinski definition) is 4. The fraction of sp³-hybridized carbons (Fsp3) is 0.417. The number of hydrogen-bond donors (Lipinski definition) is 2. The molecule has 0 aliphatic carbocycles. The van der Waals surface area contributed by atoms with Gasteiger partial charge < -0.3 is 15.7 Å². The van der Waals surface area contributed by atoms with Gasteiger partial charge >= 0.3 is 0 Å². The van der Waals surface area contributed by atoms with Gasteiger partial charge in [-0.3, -0.25) is 0 Å². The number of amidine groups is 1. The van der Waals surface area contributed by atoms with Gasteiger partial charge in [0.05, 0.1) is 12.2 Å². The second-order valence-corrected chi connectivity index (χ2v) is 4.37. The molecular weight excluding hydrogens is 236 g/mol. The maximum absolute atomic E-state index is 8.80. The van der Waals surface area contributed by atoms with Gasteiger partial charge in [-0.25, -0.2) is 0 Å². The van der Waals surface area contributed by atoms with Crippen LogP contribution in [-0.2, 0) is 0 Å². The van der Waals surface area contributed by atoms with Crippen LogP contribution in [0.3, 0.4) is 0 Å². The van der Waals surface area contributed by atoms with E-state index < -0.39 is 0 Å². The summed E-state index contributed by atoms with van der Waals surface area (Å²) in [6, 6.07) is 5.66. The van der Waals surface area contributed by atoms with Gasteiger partial charge in [0.25, 0.3) is 0 Å². The van der Waals surface area contributed by atoms with Crippen molar-refractivity contribution >= 4 is 17.6 Å². The summed E-state index contributed by atoms with van der Waals surface area (Å²) < 4.78 is 5.66. The zero-order chi connectivity index (χ0) is 12.7. The molecular formula is C12H18N2O2S. The van der Waals surface area contributed by atoms with Crippen molar-refractivity contribution in [1.82, 2.24) is 0 Å². The normalized spacial score (nSPS) is 11.5. The molecule has 4 nitrogen and oxygen atoms in total. The van der Waals surface area contributed by atoms with E-state index >= 15 is 0 Å². The largest absolute Gasteiger partial charge is 0.493 e. The Bertz CT molecular complexity index is 394. The molecule has 1 rings (SSSR count). The average molecular weight is 254 g/mol. The zero-order valence-electron chi connectivity index (χ0n) is 10.1. The van der Waals surface area contributed by atoms with E-state index in [1.54, 1.807) is 11.8 Å². The summed E-state index contributed by atoms with van der Waals surface area (Å²) in [5, 5.41) is 11.9. The van der Waals surface area contributed by atoms with Crippen LogP contribution in [-0.4, -0.2) is 23.9 Å². The molecule has 0 saturated heterocycles. The number of benzene rings is 1. The molecule has 0 amide bonds. The topological polar surface area (TPSA) is 67.8 Å². The van der Waals surface area contributed by atoms with Crippen LogP contribution in [0.5, 0.6) is 5.75 Å². The maximum atomic E-state index is 8.80. The summed E-state index contributed by atoms with van der Waals surface area (Å²) in [6.07, 6.45) is 4.00. The molecule has 0 aliphatic heterocycles. The lowest BCUT2D eigenvalue weighted by atomic mass is 10.2. The van der Waals surface area contributed by atoms with Gasteiger partial charge in [0.2, 0.25) is 0 Å². The van der Waals surface area contributed by atoms with E-state index in [1.165, 1.54) is 0 Å². The number of nitrogens with zero attached hydrogens (tertiary/aromatic N) is 1. The Balaban J connectivity index is 3.02. The predicted molar refractivity (Wildman–Crippen MR) is 71.1 cm³/mol. The first kappa shape index (κ1) is 13.7. The number of unbranched alkanes of at least 4 members (excludes halogenated alkanes) is 1. The van der Waals surface area contributed by atoms with E-state index in [4.69, 9.17) is 15.7 Å². The number of rotatable bonds is 6. The van der Waals surface area contributed by atoms with Crippen LogP contribution in [0.15, 0.2) is 28.3 Å². The van der Waals surface area contributed by atoms with Gasteiger partial charge in [0, 0.05) is 4.90 Å². The van der Waals surface area contributed by atoms with E-state index in [2.05, 4.69) is 12.1 Å². The van der Waals surface area contributed by atoms with Crippen LogP contribution < -0.4 is 10.5 Å². The van der Waals surface area contributed by atoms with Crippen LogP contribution >= 0.6 is 11.8 Å². The van der Waals surface area contributed by atoms with Crippen molar-refractivity contribution in [1.29, 1.82) is 0 Å². The van der Waals surface area contributed by atoms with E-state index in [9.17, 15) is 0 Å². The zero-order valence-corrected chi connectivity index (χ0v) is 11.0. The standard InChI is InChI=1S/C12H18N2O2S/c1-3-4-8-16-9-6-5-7-10(17-2)11(9)12(13)14-15/h5-7,15H,3-4,8H2,1-2H3,(H2,13,14). The van der Waals surface area contributed by atoms with Gasteiger partial charge in [-0.1, -0.05) is 24.6 Å². The molecule has 0 aliphatic rings.